The van der Waals surface area contributed by atoms with Crippen molar-refractivity contribution >= 4 is 0 Å². The molecule has 1 saturated heterocycles. The Bertz CT molecular complexity index is 267. The average Bonchev–Trinajstić information content (AvgIpc) is 2.46. The maximum atomic E-state index is 3.83. The van der Waals surface area contributed by atoms with Gasteiger partial charge in [0.1, 0.15) is 0 Å². The lowest BCUT2D eigenvalue weighted by Gasteiger charge is -2.45. The lowest BCUT2D eigenvalue weighted by Crippen LogP contribution is -2.55. The zero-order chi connectivity index (χ0) is 14.5. The van der Waals surface area contributed by atoms with E-state index in [1.165, 1.54) is 58.2 Å². The number of likely N-dealkylation sites (tertiary alicyclic amines) is 1. The first-order valence-corrected chi connectivity index (χ1v) is 9.09. The van der Waals surface area contributed by atoms with Crippen molar-refractivity contribution in [2.24, 2.45) is 17.8 Å². The summed E-state index contributed by atoms with van der Waals surface area (Å²) in [4.78, 5) is 2.82. The minimum absolute atomic E-state index is 0.752. The van der Waals surface area contributed by atoms with Gasteiger partial charge in [-0.25, -0.2) is 0 Å². The molecule has 3 unspecified atom stereocenters. The lowest BCUT2D eigenvalue weighted by atomic mass is 9.80. The molecular formula is C18H36N2. The Kier molecular flexibility index (Phi) is 6.35. The quantitative estimate of drug-likeness (QED) is 0.821. The molecule has 2 fully saturated rings. The lowest BCUT2D eigenvalue weighted by molar-refractivity contribution is 0.0597. The highest BCUT2D eigenvalue weighted by Crippen LogP contribution is 2.32. The fourth-order valence-corrected chi connectivity index (χ4v) is 4.24. The Balaban J connectivity index is 1.90. The van der Waals surface area contributed by atoms with E-state index in [0.717, 1.165) is 29.8 Å². The second kappa shape index (κ2) is 7.79. The summed E-state index contributed by atoms with van der Waals surface area (Å²) >= 11 is 0. The first-order chi connectivity index (χ1) is 9.61. The van der Waals surface area contributed by atoms with Gasteiger partial charge in [0, 0.05) is 12.1 Å². The molecule has 0 amide bonds. The summed E-state index contributed by atoms with van der Waals surface area (Å²) in [5, 5.41) is 3.83. The van der Waals surface area contributed by atoms with Crippen molar-refractivity contribution in [3.63, 3.8) is 0 Å². The fraction of sp³-hybridized carbons (Fsp3) is 1.00. The summed E-state index contributed by atoms with van der Waals surface area (Å²) in [6.45, 7) is 13.4. The number of nitrogens with zero attached hydrogens (tertiary/aromatic N) is 1. The minimum atomic E-state index is 0.752. The zero-order valence-corrected chi connectivity index (χ0v) is 14.2. The van der Waals surface area contributed by atoms with Crippen LogP contribution in [0.4, 0.5) is 0 Å². The summed E-state index contributed by atoms with van der Waals surface area (Å²) in [5.74, 6) is 2.76. The van der Waals surface area contributed by atoms with E-state index in [1.807, 2.05) is 0 Å². The van der Waals surface area contributed by atoms with Crippen LogP contribution in [-0.4, -0.2) is 36.6 Å². The van der Waals surface area contributed by atoms with Gasteiger partial charge < -0.3 is 5.32 Å². The maximum Gasteiger partial charge on any atom is 0.0251 e. The summed E-state index contributed by atoms with van der Waals surface area (Å²) in [6.07, 6.45) is 8.31. The van der Waals surface area contributed by atoms with Crippen molar-refractivity contribution in [3.05, 3.63) is 0 Å². The molecule has 2 heteroatoms. The molecule has 2 rings (SSSR count). The van der Waals surface area contributed by atoms with Crippen LogP contribution >= 0.6 is 0 Å². The first kappa shape index (κ1) is 16.3. The first-order valence-electron chi connectivity index (χ1n) is 9.09. The largest absolute Gasteiger partial charge is 0.312 e. The maximum absolute atomic E-state index is 3.83. The topological polar surface area (TPSA) is 15.3 Å². The van der Waals surface area contributed by atoms with Gasteiger partial charge in [-0.3, -0.25) is 4.90 Å². The second-order valence-electron chi connectivity index (χ2n) is 7.66. The van der Waals surface area contributed by atoms with Crippen molar-refractivity contribution in [3.8, 4) is 0 Å². The monoisotopic (exact) mass is 280 g/mol. The Morgan fingerprint density at radius 2 is 1.80 bits per heavy atom. The molecule has 20 heavy (non-hydrogen) atoms. The summed E-state index contributed by atoms with van der Waals surface area (Å²) < 4.78 is 0. The van der Waals surface area contributed by atoms with Crippen molar-refractivity contribution < 1.29 is 0 Å². The molecule has 0 aromatic carbocycles. The van der Waals surface area contributed by atoms with Gasteiger partial charge in [0.15, 0.2) is 0 Å². The van der Waals surface area contributed by atoms with Gasteiger partial charge >= 0.3 is 0 Å². The predicted molar refractivity (Wildman–Crippen MR) is 88.0 cm³/mol. The molecule has 1 N–H and O–H groups in total. The smallest absolute Gasteiger partial charge is 0.0251 e. The van der Waals surface area contributed by atoms with Crippen LogP contribution in [0.3, 0.4) is 0 Å². The molecule has 1 aliphatic heterocycles. The Hall–Kier alpha value is -0.0800. The Labute approximate surface area is 126 Å². The van der Waals surface area contributed by atoms with Gasteiger partial charge in [0.2, 0.25) is 0 Å². The molecule has 0 bridgehead atoms. The fourth-order valence-electron chi connectivity index (χ4n) is 4.24. The van der Waals surface area contributed by atoms with E-state index in [0.29, 0.717) is 0 Å². The molecule has 0 spiro atoms. The number of hydrogen-bond donors (Lipinski definition) is 1. The van der Waals surface area contributed by atoms with Crippen molar-refractivity contribution in [1.29, 1.82) is 0 Å². The van der Waals surface area contributed by atoms with E-state index >= 15 is 0 Å². The number of hydrogen-bond acceptors (Lipinski definition) is 2. The number of piperidine rings is 1. The van der Waals surface area contributed by atoms with Crippen LogP contribution in [-0.2, 0) is 0 Å². The third-order valence-electron chi connectivity index (χ3n) is 5.72. The van der Waals surface area contributed by atoms with Crippen LogP contribution in [0.25, 0.3) is 0 Å². The van der Waals surface area contributed by atoms with Gasteiger partial charge in [-0.2, -0.15) is 0 Å². The molecule has 1 saturated carbocycles. The van der Waals surface area contributed by atoms with E-state index in [-0.39, 0.29) is 0 Å². The standard InChI is InChI=1S/C18H36N2/c1-5-10-19-17-7-6-15(4)13-18(17)20-11-8-16(9-12-20)14(2)3/h14-19H,5-13H2,1-4H3. The molecule has 0 aromatic rings. The third-order valence-corrected chi connectivity index (χ3v) is 5.72. The molecule has 0 aromatic heterocycles. The third kappa shape index (κ3) is 4.21. The second-order valence-corrected chi connectivity index (χ2v) is 7.66. The van der Waals surface area contributed by atoms with Crippen LogP contribution in [0.1, 0.15) is 66.2 Å². The predicted octanol–water partition coefficient (Wildman–Crippen LogP) is 3.91. The van der Waals surface area contributed by atoms with E-state index < -0.39 is 0 Å². The Morgan fingerprint density at radius 3 is 2.40 bits per heavy atom. The van der Waals surface area contributed by atoms with Gasteiger partial charge in [-0.1, -0.05) is 27.7 Å². The summed E-state index contributed by atoms with van der Waals surface area (Å²) in [5.41, 5.74) is 0. The molecule has 3 atom stereocenters. The Morgan fingerprint density at radius 1 is 1.10 bits per heavy atom. The molecule has 2 aliphatic rings. The molecule has 1 heterocycles. The van der Waals surface area contributed by atoms with Crippen LogP contribution in [0.15, 0.2) is 0 Å². The molecule has 1 aliphatic carbocycles. The molecular weight excluding hydrogens is 244 g/mol. The van der Waals surface area contributed by atoms with Crippen LogP contribution in [0.5, 0.6) is 0 Å². The van der Waals surface area contributed by atoms with Crippen LogP contribution < -0.4 is 5.32 Å². The van der Waals surface area contributed by atoms with Crippen LogP contribution in [0.2, 0.25) is 0 Å². The van der Waals surface area contributed by atoms with Gasteiger partial charge in [0.05, 0.1) is 0 Å². The highest BCUT2D eigenvalue weighted by Gasteiger charge is 2.34. The van der Waals surface area contributed by atoms with E-state index in [1.54, 1.807) is 0 Å². The highest BCUT2D eigenvalue weighted by atomic mass is 15.2. The van der Waals surface area contributed by atoms with Gasteiger partial charge in [0.25, 0.3) is 0 Å². The minimum Gasteiger partial charge on any atom is -0.312 e. The van der Waals surface area contributed by atoms with Crippen molar-refractivity contribution in [2.45, 2.75) is 78.3 Å². The number of rotatable bonds is 5. The normalized spacial score (nSPS) is 33.8. The van der Waals surface area contributed by atoms with E-state index in [9.17, 15) is 0 Å². The van der Waals surface area contributed by atoms with Gasteiger partial charge in [-0.05, 0) is 75.9 Å². The van der Waals surface area contributed by atoms with E-state index in [4.69, 9.17) is 0 Å². The SMILES string of the molecule is CCCNC1CCC(C)CC1N1CCC(C(C)C)CC1. The summed E-state index contributed by atoms with van der Waals surface area (Å²) in [6, 6.07) is 1.56. The van der Waals surface area contributed by atoms with Crippen molar-refractivity contribution in [1.82, 2.24) is 10.2 Å². The summed E-state index contributed by atoms with van der Waals surface area (Å²) in [7, 11) is 0. The average molecular weight is 281 g/mol. The molecule has 118 valence electrons. The van der Waals surface area contributed by atoms with E-state index in [2.05, 4.69) is 37.9 Å². The number of nitrogens with one attached hydrogen (secondary N) is 1. The van der Waals surface area contributed by atoms with Crippen LogP contribution in [0, 0.1) is 17.8 Å². The molecule has 2 nitrogen and oxygen atoms in total. The van der Waals surface area contributed by atoms with Gasteiger partial charge in [-0.15, -0.1) is 0 Å². The van der Waals surface area contributed by atoms with Crippen molar-refractivity contribution in [2.75, 3.05) is 19.6 Å². The highest BCUT2D eigenvalue weighted by molar-refractivity contribution is 4.92. The zero-order valence-electron chi connectivity index (χ0n) is 14.2. The molecule has 0 radical (unpaired) electrons.